The fraction of sp³-hybridized carbons (Fsp3) is 0.632. The van der Waals surface area contributed by atoms with Gasteiger partial charge in [0.25, 0.3) is 0 Å². The summed E-state index contributed by atoms with van der Waals surface area (Å²) in [6.07, 6.45) is 8.30. The molecule has 2 atom stereocenters. The van der Waals surface area contributed by atoms with Gasteiger partial charge in [-0.25, -0.2) is 0 Å². The van der Waals surface area contributed by atoms with Crippen LogP contribution < -0.4 is 15.8 Å². The van der Waals surface area contributed by atoms with Crippen molar-refractivity contribution in [3.05, 3.63) is 29.8 Å². The molecule has 0 spiro atoms. The summed E-state index contributed by atoms with van der Waals surface area (Å²) < 4.78 is 5.16. The Labute approximate surface area is 151 Å². The first-order valence-corrected chi connectivity index (χ1v) is 8.85. The van der Waals surface area contributed by atoms with Crippen LogP contribution in [-0.4, -0.2) is 25.6 Å². The molecule has 0 heterocycles. The van der Waals surface area contributed by atoms with Crippen LogP contribution in [-0.2, 0) is 11.2 Å². The minimum absolute atomic E-state index is 0. The predicted octanol–water partition coefficient (Wildman–Crippen LogP) is 3.46. The lowest BCUT2D eigenvalue weighted by Gasteiger charge is -2.19. The summed E-state index contributed by atoms with van der Waals surface area (Å²) in [7, 11) is 1.68. The minimum Gasteiger partial charge on any atom is -0.497 e. The third-order valence-corrected chi connectivity index (χ3v) is 4.84. The van der Waals surface area contributed by atoms with E-state index < -0.39 is 0 Å². The summed E-state index contributed by atoms with van der Waals surface area (Å²) in [6, 6.07) is 8.53. The molecule has 2 unspecified atom stereocenters. The van der Waals surface area contributed by atoms with Gasteiger partial charge in [0, 0.05) is 12.5 Å². The topological polar surface area (TPSA) is 64.3 Å². The summed E-state index contributed by atoms with van der Waals surface area (Å²) in [5.74, 6) is 1.57. The van der Waals surface area contributed by atoms with Crippen LogP contribution in [0, 0.1) is 5.92 Å². The highest BCUT2D eigenvalue weighted by atomic mass is 35.5. The molecular weight excluding hydrogens is 324 g/mol. The van der Waals surface area contributed by atoms with Gasteiger partial charge in [-0.3, -0.25) is 4.79 Å². The van der Waals surface area contributed by atoms with Gasteiger partial charge in [-0.2, -0.15) is 0 Å². The van der Waals surface area contributed by atoms with E-state index in [1.807, 2.05) is 12.1 Å². The van der Waals surface area contributed by atoms with Crippen molar-refractivity contribution in [1.29, 1.82) is 0 Å². The number of nitrogens with two attached hydrogens (primary N) is 1. The van der Waals surface area contributed by atoms with Gasteiger partial charge < -0.3 is 15.8 Å². The highest BCUT2D eigenvalue weighted by Gasteiger charge is 2.26. The number of carbonyl (C=O) groups excluding carboxylic acids is 1. The normalized spacial score (nSPS) is 19.6. The maximum atomic E-state index is 12.0. The summed E-state index contributed by atoms with van der Waals surface area (Å²) in [5, 5.41) is 3.17. The molecule has 1 amide bonds. The number of nitrogens with one attached hydrogen (secondary N) is 1. The Balaban J connectivity index is 0.00000288. The molecule has 1 aliphatic carbocycles. The van der Waals surface area contributed by atoms with Gasteiger partial charge in [-0.1, -0.05) is 25.0 Å². The fourth-order valence-electron chi connectivity index (χ4n) is 3.37. The van der Waals surface area contributed by atoms with Crippen molar-refractivity contribution in [2.24, 2.45) is 11.7 Å². The Morgan fingerprint density at radius 2 is 1.96 bits per heavy atom. The molecule has 4 nitrogen and oxygen atoms in total. The average molecular weight is 355 g/mol. The van der Waals surface area contributed by atoms with Crippen molar-refractivity contribution >= 4 is 18.3 Å². The first-order chi connectivity index (χ1) is 11.2. The lowest BCUT2D eigenvalue weighted by atomic mass is 10.0. The first-order valence-electron chi connectivity index (χ1n) is 8.85. The molecule has 0 saturated heterocycles. The summed E-state index contributed by atoms with van der Waals surface area (Å²) >= 11 is 0. The van der Waals surface area contributed by atoms with E-state index in [2.05, 4.69) is 17.4 Å². The zero-order chi connectivity index (χ0) is 16.5. The molecule has 1 saturated carbocycles. The molecule has 1 fully saturated rings. The smallest absolute Gasteiger partial charge is 0.220 e. The fourth-order valence-corrected chi connectivity index (χ4v) is 3.37. The van der Waals surface area contributed by atoms with Crippen molar-refractivity contribution in [3.8, 4) is 5.75 Å². The Kier molecular flexibility index (Phi) is 9.80. The summed E-state index contributed by atoms with van der Waals surface area (Å²) in [4.78, 5) is 12.0. The quantitative estimate of drug-likeness (QED) is 0.667. The van der Waals surface area contributed by atoms with Crippen molar-refractivity contribution in [3.63, 3.8) is 0 Å². The lowest BCUT2D eigenvalue weighted by molar-refractivity contribution is -0.122. The Morgan fingerprint density at radius 1 is 1.21 bits per heavy atom. The molecule has 0 radical (unpaired) electrons. The van der Waals surface area contributed by atoms with Crippen LogP contribution in [0.1, 0.15) is 50.5 Å². The van der Waals surface area contributed by atoms with Crippen LogP contribution in [0.4, 0.5) is 0 Å². The molecule has 1 aromatic carbocycles. The number of unbranched alkanes of at least 4 members (excludes halogenated alkanes) is 2. The SMILES string of the molecule is COc1ccc(CCCCCC(=O)NC2CCCC2CN)cc1.Cl. The number of amides is 1. The number of ether oxygens (including phenoxy) is 1. The molecule has 5 heteroatoms. The van der Waals surface area contributed by atoms with Gasteiger partial charge in [0.1, 0.15) is 5.75 Å². The number of halogens is 1. The second-order valence-corrected chi connectivity index (χ2v) is 6.51. The third-order valence-electron chi connectivity index (χ3n) is 4.84. The zero-order valence-electron chi connectivity index (χ0n) is 14.6. The van der Waals surface area contributed by atoms with E-state index in [0.717, 1.165) is 44.3 Å². The molecule has 2 rings (SSSR count). The van der Waals surface area contributed by atoms with E-state index in [0.29, 0.717) is 24.9 Å². The molecule has 24 heavy (non-hydrogen) atoms. The highest BCUT2D eigenvalue weighted by molar-refractivity contribution is 5.85. The van der Waals surface area contributed by atoms with Crippen LogP contribution in [0.5, 0.6) is 5.75 Å². The van der Waals surface area contributed by atoms with Crippen LogP contribution in [0.2, 0.25) is 0 Å². The second kappa shape index (κ2) is 11.3. The van der Waals surface area contributed by atoms with Gasteiger partial charge in [0.05, 0.1) is 7.11 Å². The predicted molar refractivity (Wildman–Crippen MR) is 101 cm³/mol. The largest absolute Gasteiger partial charge is 0.497 e. The summed E-state index contributed by atoms with van der Waals surface area (Å²) in [5.41, 5.74) is 7.08. The maximum Gasteiger partial charge on any atom is 0.220 e. The van der Waals surface area contributed by atoms with Gasteiger partial charge in [0.15, 0.2) is 0 Å². The number of hydrogen-bond donors (Lipinski definition) is 2. The van der Waals surface area contributed by atoms with Crippen molar-refractivity contribution in [2.45, 2.75) is 57.4 Å². The number of carbonyl (C=O) groups is 1. The first kappa shape index (κ1) is 20.8. The summed E-state index contributed by atoms with van der Waals surface area (Å²) in [6.45, 7) is 0.687. The average Bonchev–Trinajstić information content (AvgIpc) is 3.02. The van der Waals surface area contributed by atoms with E-state index in [1.165, 1.54) is 12.0 Å². The highest BCUT2D eigenvalue weighted by Crippen LogP contribution is 2.24. The number of hydrogen-bond acceptors (Lipinski definition) is 3. The lowest BCUT2D eigenvalue weighted by Crippen LogP contribution is -2.39. The number of benzene rings is 1. The van der Waals surface area contributed by atoms with Gasteiger partial charge >= 0.3 is 0 Å². The van der Waals surface area contributed by atoms with Crippen molar-refractivity contribution < 1.29 is 9.53 Å². The standard InChI is InChI=1S/C19H30N2O2.ClH/c1-23-17-12-10-15(11-13-17)6-3-2-4-9-19(22)21-18-8-5-7-16(18)14-20;/h10-13,16,18H,2-9,14,20H2,1H3,(H,21,22);1H. The second-order valence-electron chi connectivity index (χ2n) is 6.51. The van der Waals surface area contributed by atoms with E-state index >= 15 is 0 Å². The maximum absolute atomic E-state index is 12.0. The van der Waals surface area contributed by atoms with E-state index in [9.17, 15) is 4.79 Å². The van der Waals surface area contributed by atoms with Crippen LogP contribution >= 0.6 is 12.4 Å². The minimum atomic E-state index is 0. The van der Waals surface area contributed by atoms with Gasteiger partial charge in [-0.15, -0.1) is 12.4 Å². The molecule has 0 aliphatic heterocycles. The molecule has 136 valence electrons. The monoisotopic (exact) mass is 354 g/mol. The molecule has 0 bridgehead atoms. The van der Waals surface area contributed by atoms with Gasteiger partial charge in [-0.05, 0) is 62.3 Å². The molecule has 0 aromatic heterocycles. The Hall–Kier alpha value is -1.26. The molecular formula is C19H31ClN2O2. The van der Waals surface area contributed by atoms with Crippen LogP contribution in [0.25, 0.3) is 0 Å². The zero-order valence-corrected chi connectivity index (χ0v) is 15.4. The molecule has 1 aliphatic rings. The van der Waals surface area contributed by atoms with Crippen LogP contribution in [0.15, 0.2) is 24.3 Å². The molecule has 3 N–H and O–H groups in total. The number of methoxy groups -OCH3 is 1. The van der Waals surface area contributed by atoms with E-state index in [4.69, 9.17) is 10.5 Å². The Bertz CT molecular complexity index is 479. The van der Waals surface area contributed by atoms with Gasteiger partial charge in [0.2, 0.25) is 5.91 Å². The Morgan fingerprint density at radius 3 is 2.62 bits per heavy atom. The van der Waals surface area contributed by atoms with Crippen molar-refractivity contribution in [2.75, 3.05) is 13.7 Å². The number of rotatable bonds is 9. The third kappa shape index (κ3) is 6.70. The van der Waals surface area contributed by atoms with Crippen LogP contribution in [0.3, 0.4) is 0 Å². The van der Waals surface area contributed by atoms with E-state index in [-0.39, 0.29) is 18.3 Å². The number of aryl methyl sites for hydroxylation is 1. The van der Waals surface area contributed by atoms with Crippen molar-refractivity contribution in [1.82, 2.24) is 5.32 Å². The van der Waals surface area contributed by atoms with E-state index in [1.54, 1.807) is 7.11 Å². The molecule has 1 aromatic rings.